The van der Waals surface area contributed by atoms with Gasteiger partial charge >= 0.3 is 0 Å². The van der Waals surface area contributed by atoms with Crippen LogP contribution in [0.5, 0.6) is 5.75 Å². The Hall–Kier alpha value is -2.03. The summed E-state index contributed by atoms with van der Waals surface area (Å²) in [5.74, 6) is 0.836. The van der Waals surface area contributed by atoms with E-state index in [4.69, 9.17) is 4.74 Å². The summed E-state index contributed by atoms with van der Waals surface area (Å²) in [5.41, 5.74) is 3.17. The fraction of sp³-hybridized carbons (Fsp3) is 0.154. The van der Waals surface area contributed by atoms with Crippen molar-refractivity contribution >= 4 is 5.69 Å². The highest BCUT2D eigenvalue weighted by Crippen LogP contribution is 2.29. The molecule has 0 fully saturated rings. The third-order valence-corrected chi connectivity index (χ3v) is 2.46. The van der Waals surface area contributed by atoms with Crippen molar-refractivity contribution in [2.45, 2.75) is 0 Å². The van der Waals surface area contributed by atoms with Gasteiger partial charge in [0.2, 0.25) is 0 Å². The largest absolute Gasteiger partial charge is 0.496 e. The molecule has 0 atom stereocenters. The summed E-state index contributed by atoms with van der Waals surface area (Å²) < 4.78 is 5.31. The average molecular weight is 214 g/mol. The van der Waals surface area contributed by atoms with Crippen LogP contribution in [0.2, 0.25) is 0 Å². The molecule has 1 N–H and O–H groups in total. The molecule has 16 heavy (non-hydrogen) atoms. The molecule has 2 aromatic rings. The second-order valence-corrected chi connectivity index (χ2v) is 3.41. The van der Waals surface area contributed by atoms with Crippen molar-refractivity contribution in [1.29, 1.82) is 0 Å². The van der Waals surface area contributed by atoms with E-state index in [2.05, 4.69) is 16.4 Å². The Morgan fingerprint density at radius 1 is 1.25 bits per heavy atom. The summed E-state index contributed by atoms with van der Waals surface area (Å²) in [6.07, 6.45) is 3.54. The number of hydrogen-bond acceptors (Lipinski definition) is 3. The Morgan fingerprint density at radius 2 is 2.12 bits per heavy atom. The van der Waals surface area contributed by atoms with Gasteiger partial charge in [-0.1, -0.05) is 12.1 Å². The van der Waals surface area contributed by atoms with Crippen molar-refractivity contribution in [3.05, 3.63) is 42.7 Å². The predicted molar refractivity (Wildman–Crippen MR) is 65.8 cm³/mol. The van der Waals surface area contributed by atoms with E-state index in [9.17, 15) is 0 Å². The van der Waals surface area contributed by atoms with Crippen molar-refractivity contribution in [3.63, 3.8) is 0 Å². The third-order valence-electron chi connectivity index (χ3n) is 2.46. The molecule has 0 unspecified atom stereocenters. The number of aromatic nitrogens is 1. The fourth-order valence-electron chi connectivity index (χ4n) is 1.62. The molecule has 0 aliphatic rings. The van der Waals surface area contributed by atoms with E-state index in [0.29, 0.717) is 0 Å². The number of methoxy groups -OCH3 is 1. The van der Waals surface area contributed by atoms with Crippen molar-refractivity contribution < 1.29 is 4.74 Å². The minimum atomic E-state index is 0.836. The number of ether oxygens (including phenoxy) is 1. The second-order valence-electron chi connectivity index (χ2n) is 3.41. The summed E-state index contributed by atoms with van der Waals surface area (Å²) >= 11 is 0. The summed E-state index contributed by atoms with van der Waals surface area (Å²) in [5, 5.41) is 3.11. The number of rotatable bonds is 3. The maximum Gasteiger partial charge on any atom is 0.129 e. The monoisotopic (exact) mass is 214 g/mol. The van der Waals surface area contributed by atoms with Crippen molar-refractivity contribution in [2.75, 3.05) is 19.5 Å². The van der Waals surface area contributed by atoms with E-state index in [1.54, 1.807) is 13.3 Å². The van der Waals surface area contributed by atoms with Crippen molar-refractivity contribution in [2.24, 2.45) is 0 Å². The van der Waals surface area contributed by atoms with Crippen LogP contribution in [0.25, 0.3) is 11.1 Å². The molecule has 0 saturated heterocycles. The highest BCUT2D eigenvalue weighted by Gasteiger charge is 2.05. The molecule has 1 aromatic heterocycles. The van der Waals surface area contributed by atoms with Gasteiger partial charge < -0.3 is 10.1 Å². The molecule has 0 bridgehead atoms. The molecule has 3 nitrogen and oxygen atoms in total. The van der Waals surface area contributed by atoms with Crippen LogP contribution in [-0.4, -0.2) is 19.1 Å². The molecule has 0 spiro atoms. The zero-order chi connectivity index (χ0) is 11.4. The van der Waals surface area contributed by atoms with E-state index in [0.717, 1.165) is 22.6 Å². The lowest BCUT2D eigenvalue weighted by Crippen LogP contribution is -1.91. The molecule has 0 amide bonds. The summed E-state index contributed by atoms with van der Waals surface area (Å²) in [7, 11) is 3.57. The first-order chi connectivity index (χ1) is 7.85. The number of pyridine rings is 1. The Labute approximate surface area is 95.1 Å². The van der Waals surface area contributed by atoms with Gasteiger partial charge in [-0.15, -0.1) is 0 Å². The molecule has 0 saturated carbocycles. The van der Waals surface area contributed by atoms with Gasteiger partial charge in [-0.3, -0.25) is 4.98 Å². The topological polar surface area (TPSA) is 34.2 Å². The van der Waals surface area contributed by atoms with Gasteiger partial charge in [0, 0.05) is 30.7 Å². The van der Waals surface area contributed by atoms with Crippen LogP contribution in [0.3, 0.4) is 0 Å². The lowest BCUT2D eigenvalue weighted by Gasteiger charge is -2.08. The van der Waals surface area contributed by atoms with Crippen LogP contribution in [0.1, 0.15) is 0 Å². The SMILES string of the molecule is CNc1cccc(-c2cnccc2OC)c1. The van der Waals surface area contributed by atoms with Crippen LogP contribution >= 0.6 is 0 Å². The van der Waals surface area contributed by atoms with Gasteiger partial charge in [0.25, 0.3) is 0 Å². The molecule has 0 aliphatic carbocycles. The molecular formula is C13H14N2O. The first-order valence-corrected chi connectivity index (χ1v) is 5.11. The number of benzene rings is 1. The average Bonchev–Trinajstić information content (AvgIpc) is 2.38. The zero-order valence-electron chi connectivity index (χ0n) is 9.40. The lowest BCUT2D eigenvalue weighted by molar-refractivity contribution is 0.416. The minimum Gasteiger partial charge on any atom is -0.496 e. The smallest absolute Gasteiger partial charge is 0.129 e. The molecule has 0 aliphatic heterocycles. The maximum absolute atomic E-state index is 5.31. The Balaban J connectivity index is 2.49. The van der Waals surface area contributed by atoms with E-state index in [-0.39, 0.29) is 0 Å². The molecule has 1 aromatic carbocycles. The molecule has 2 rings (SSSR count). The highest BCUT2D eigenvalue weighted by molar-refractivity contribution is 5.72. The van der Waals surface area contributed by atoms with E-state index in [1.165, 1.54) is 0 Å². The van der Waals surface area contributed by atoms with Gasteiger partial charge in [-0.05, 0) is 23.8 Å². The van der Waals surface area contributed by atoms with Gasteiger partial charge in [0.05, 0.1) is 7.11 Å². The van der Waals surface area contributed by atoms with Gasteiger partial charge in [-0.25, -0.2) is 0 Å². The summed E-state index contributed by atoms with van der Waals surface area (Å²) in [6, 6.07) is 10.0. The van der Waals surface area contributed by atoms with Crippen LogP contribution in [0.15, 0.2) is 42.7 Å². The Bertz CT molecular complexity index is 483. The van der Waals surface area contributed by atoms with Crippen molar-refractivity contribution in [1.82, 2.24) is 4.98 Å². The van der Waals surface area contributed by atoms with E-state index >= 15 is 0 Å². The lowest BCUT2D eigenvalue weighted by atomic mass is 10.1. The van der Waals surface area contributed by atoms with Crippen LogP contribution in [0, 0.1) is 0 Å². The number of hydrogen-bond donors (Lipinski definition) is 1. The second kappa shape index (κ2) is 4.66. The maximum atomic E-state index is 5.31. The molecule has 3 heteroatoms. The van der Waals surface area contributed by atoms with Gasteiger partial charge in [0.1, 0.15) is 5.75 Å². The molecule has 1 heterocycles. The van der Waals surface area contributed by atoms with E-state index < -0.39 is 0 Å². The van der Waals surface area contributed by atoms with Crippen molar-refractivity contribution in [3.8, 4) is 16.9 Å². The van der Waals surface area contributed by atoms with Gasteiger partial charge in [-0.2, -0.15) is 0 Å². The Kier molecular flexibility index (Phi) is 3.05. The zero-order valence-corrected chi connectivity index (χ0v) is 9.40. The fourth-order valence-corrected chi connectivity index (χ4v) is 1.62. The van der Waals surface area contributed by atoms with Crippen LogP contribution < -0.4 is 10.1 Å². The number of nitrogens with one attached hydrogen (secondary N) is 1. The van der Waals surface area contributed by atoms with E-state index in [1.807, 2.05) is 37.5 Å². The first-order valence-electron chi connectivity index (χ1n) is 5.11. The summed E-state index contributed by atoms with van der Waals surface area (Å²) in [6.45, 7) is 0. The highest BCUT2D eigenvalue weighted by atomic mass is 16.5. The minimum absolute atomic E-state index is 0.836. The molecule has 0 radical (unpaired) electrons. The normalized spacial score (nSPS) is 9.88. The van der Waals surface area contributed by atoms with Gasteiger partial charge in [0.15, 0.2) is 0 Å². The van der Waals surface area contributed by atoms with Crippen LogP contribution in [0.4, 0.5) is 5.69 Å². The molecule has 82 valence electrons. The quantitative estimate of drug-likeness (QED) is 0.853. The number of anilines is 1. The third kappa shape index (κ3) is 1.98. The number of nitrogens with zero attached hydrogens (tertiary/aromatic N) is 1. The molecular weight excluding hydrogens is 200 g/mol. The van der Waals surface area contributed by atoms with Crippen LogP contribution in [-0.2, 0) is 0 Å². The summed E-state index contributed by atoms with van der Waals surface area (Å²) in [4.78, 5) is 4.12. The predicted octanol–water partition coefficient (Wildman–Crippen LogP) is 2.80. The standard InChI is InChI=1S/C13H14N2O/c1-14-11-5-3-4-10(8-11)12-9-15-7-6-13(12)16-2/h3-9,14H,1-2H3. The Morgan fingerprint density at radius 3 is 2.88 bits per heavy atom. The first kappa shape index (κ1) is 10.5.